The standard InChI is InChI=1S/C30H37N3O5S/c1-22-11-10-12-24(19-22)20-32(23(2)29(35)31-30(3,4)5)28(34)21-33(25-15-17-26(38-6)18-16-25)39(36,37)27-13-8-7-9-14-27/h7-19,23H,20-21H2,1-6H3,(H,31,35)/t23-/m1/s1. The van der Waals surface area contributed by atoms with E-state index in [9.17, 15) is 18.0 Å². The molecule has 2 amide bonds. The number of nitrogens with one attached hydrogen (secondary N) is 1. The number of ether oxygens (including phenoxy) is 1. The number of anilines is 1. The second kappa shape index (κ2) is 12.3. The van der Waals surface area contributed by atoms with Gasteiger partial charge >= 0.3 is 0 Å². The lowest BCUT2D eigenvalue weighted by atomic mass is 10.1. The molecule has 0 aliphatic heterocycles. The largest absolute Gasteiger partial charge is 0.497 e. The first-order valence-electron chi connectivity index (χ1n) is 12.7. The minimum atomic E-state index is -4.11. The molecule has 0 aromatic heterocycles. The maximum absolute atomic E-state index is 13.9. The molecule has 3 aromatic rings. The number of aryl methyl sites for hydroxylation is 1. The number of hydrogen-bond donors (Lipinski definition) is 1. The van der Waals surface area contributed by atoms with Crippen molar-refractivity contribution < 1.29 is 22.7 Å². The number of hydrogen-bond acceptors (Lipinski definition) is 5. The van der Waals surface area contributed by atoms with Crippen molar-refractivity contribution in [3.8, 4) is 5.75 Å². The molecule has 0 radical (unpaired) electrons. The van der Waals surface area contributed by atoms with Crippen LogP contribution in [0.2, 0.25) is 0 Å². The highest BCUT2D eigenvalue weighted by Gasteiger charge is 2.33. The Bertz CT molecular complexity index is 1380. The normalized spacial score (nSPS) is 12.4. The molecule has 0 unspecified atom stereocenters. The maximum atomic E-state index is 13.9. The summed E-state index contributed by atoms with van der Waals surface area (Å²) in [5.41, 5.74) is 1.64. The molecular weight excluding hydrogens is 514 g/mol. The first kappa shape index (κ1) is 29.7. The van der Waals surface area contributed by atoms with E-state index in [1.165, 1.54) is 24.1 Å². The van der Waals surface area contributed by atoms with Gasteiger partial charge < -0.3 is 15.0 Å². The number of nitrogens with zero attached hydrogens (tertiary/aromatic N) is 2. The second-order valence-electron chi connectivity index (χ2n) is 10.4. The predicted molar refractivity (Wildman–Crippen MR) is 153 cm³/mol. The Balaban J connectivity index is 2.03. The van der Waals surface area contributed by atoms with E-state index in [0.29, 0.717) is 11.4 Å². The van der Waals surface area contributed by atoms with E-state index in [2.05, 4.69) is 5.32 Å². The van der Waals surface area contributed by atoms with Gasteiger partial charge in [0.1, 0.15) is 18.3 Å². The minimum absolute atomic E-state index is 0.0531. The molecule has 0 saturated carbocycles. The van der Waals surface area contributed by atoms with Crippen molar-refractivity contribution in [3.05, 3.63) is 90.0 Å². The number of sulfonamides is 1. The van der Waals surface area contributed by atoms with E-state index < -0.39 is 34.1 Å². The van der Waals surface area contributed by atoms with Crippen molar-refractivity contribution in [1.82, 2.24) is 10.2 Å². The van der Waals surface area contributed by atoms with Crippen molar-refractivity contribution in [2.45, 2.75) is 57.6 Å². The van der Waals surface area contributed by atoms with Crippen LogP contribution in [-0.2, 0) is 26.2 Å². The summed E-state index contributed by atoms with van der Waals surface area (Å²) in [7, 11) is -2.59. The van der Waals surface area contributed by atoms with Crippen molar-refractivity contribution in [2.24, 2.45) is 0 Å². The summed E-state index contributed by atoms with van der Waals surface area (Å²) in [5.74, 6) is -0.288. The number of carbonyl (C=O) groups excluding carboxylic acids is 2. The molecule has 0 aliphatic carbocycles. The third-order valence-corrected chi connectivity index (χ3v) is 7.86. The lowest BCUT2D eigenvalue weighted by Gasteiger charge is -2.33. The molecule has 0 aliphatic rings. The van der Waals surface area contributed by atoms with Gasteiger partial charge in [0.05, 0.1) is 17.7 Å². The summed E-state index contributed by atoms with van der Waals surface area (Å²) in [6.45, 7) is 8.83. The molecule has 8 nitrogen and oxygen atoms in total. The zero-order valence-electron chi connectivity index (χ0n) is 23.3. The second-order valence-corrected chi connectivity index (χ2v) is 12.3. The Hall–Kier alpha value is -3.85. The van der Waals surface area contributed by atoms with Gasteiger partial charge in [-0.1, -0.05) is 48.0 Å². The molecule has 0 bridgehead atoms. The number of carbonyl (C=O) groups is 2. The Morgan fingerprint density at radius 2 is 1.59 bits per heavy atom. The molecular formula is C30H37N3O5S. The van der Waals surface area contributed by atoms with Gasteiger partial charge in [-0.2, -0.15) is 0 Å². The van der Waals surface area contributed by atoms with Crippen LogP contribution in [0.5, 0.6) is 5.75 Å². The molecule has 208 valence electrons. The van der Waals surface area contributed by atoms with E-state index in [1.807, 2.05) is 52.0 Å². The minimum Gasteiger partial charge on any atom is -0.497 e. The summed E-state index contributed by atoms with van der Waals surface area (Å²) in [6.07, 6.45) is 0. The summed E-state index contributed by atoms with van der Waals surface area (Å²) in [4.78, 5) is 28.6. The lowest BCUT2D eigenvalue weighted by Crippen LogP contribution is -2.54. The molecule has 0 fully saturated rings. The third kappa shape index (κ3) is 7.83. The van der Waals surface area contributed by atoms with E-state index in [-0.39, 0.29) is 17.3 Å². The highest BCUT2D eigenvalue weighted by Crippen LogP contribution is 2.26. The van der Waals surface area contributed by atoms with Crippen molar-refractivity contribution in [2.75, 3.05) is 18.0 Å². The van der Waals surface area contributed by atoms with Crippen LogP contribution in [0.15, 0.2) is 83.8 Å². The zero-order valence-corrected chi connectivity index (χ0v) is 24.2. The Labute approximate surface area is 231 Å². The molecule has 9 heteroatoms. The van der Waals surface area contributed by atoms with Crippen molar-refractivity contribution in [1.29, 1.82) is 0 Å². The van der Waals surface area contributed by atoms with Crippen LogP contribution in [0, 0.1) is 6.92 Å². The van der Waals surface area contributed by atoms with Crippen LogP contribution in [0.1, 0.15) is 38.8 Å². The molecule has 0 heterocycles. The summed E-state index contributed by atoms with van der Waals surface area (Å²) < 4.78 is 33.9. The average Bonchev–Trinajstić information content (AvgIpc) is 2.89. The first-order chi connectivity index (χ1) is 18.3. The van der Waals surface area contributed by atoms with Crippen LogP contribution in [0.3, 0.4) is 0 Å². The van der Waals surface area contributed by atoms with Crippen molar-refractivity contribution >= 4 is 27.5 Å². The van der Waals surface area contributed by atoms with Gasteiger partial charge in [-0.3, -0.25) is 13.9 Å². The number of amides is 2. The number of methoxy groups -OCH3 is 1. The van der Waals surface area contributed by atoms with Crippen LogP contribution in [0.25, 0.3) is 0 Å². The summed E-state index contributed by atoms with van der Waals surface area (Å²) in [6, 6.07) is 21.2. The van der Waals surface area contributed by atoms with Gasteiger partial charge in [0.2, 0.25) is 11.8 Å². The van der Waals surface area contributed by atoms with Crippen LogP contribution in [-0.4, -0.2) is 50.4 Å². The van der Waals surface area contributed by atoms with Crippen LogP contribution >= 0.6 is 0 Å². The molecule has 0 spiro atoms. The zero-order chi connectivity index (χ0) is 28.8. The topological polar surface area (TPSA) is 96.0 Å². The van der Waals surface area contributed by atoms with E-state index in [4.69, 9.17) is 4.74 Å². The molecule has 0 saturated heterocycles. The SMILES string of the molecule is COc1ccc(N(CC(=O)N(Cc2cccc(C)c2)[C@H](C)C(=O)NC(C)(C)C)S(=O)(=O)c2ccccc2)cc1. The average molecular weight is 552 g/mol. The van der Waals surface area contributed by atoms with Crippen LogP contribution < -0.4 is 14.4 Å². The molecule has 3 aromatic carbocycles. The molecule has 1 atom stereocenters. The fourth-order valence-electron chi connectivity index (χ4n) is 4.06. The third-order valence-electron chi connectivity index (χ3n) is 6.07. The van der Waals surface area contributed by atoms with E-state index >= 15 is 0 Å². The fraction of sp³-hybridized carbons (Fsp3) is 0.333. The van der Waals surface area contributed by atoms with Crippen LogP contribution in [0.4, 0.5) is 5.69 Å². The smallest absolute Gasteiger partial charge is 0.264 e. The van der Waals surface area contributed by atoms with Gasteiger partial charge in [-0.25, -0.2) is 8.42 Å². The highest BCUT2D eigenvalue weighted by atomic mass is 32.2. The summed E-state index contributed by atoms with van der Waals surface area (Å²) >= 11 is 0. The predicted octanol–water partition coefficient (Wildman–Crippen LogP) is 4.53. The van der Waals surface area contributed by atoms with Gasteiger partial charge in [0.15, 0.2) is 0 Å². The lowest BCUT2D eigenvalue weighted by molar-refractivity contribution is -0.140. The summed E-state index contributed by atoms with van der Waals surface area (Å²) in [5, 5.41) is 2.93. The van der Waals surface area contributed by atoms with E-state index in [0.717, 1.165) is 15.4 Å². The molecule has 1 N–H and O–H groups in total. The fourth-order valence-corrected chi connectivity index (χ4v) is 5.50. The van der Waals surface area contributed by atoms with Gasteiger partial charge in [0, 0.05) is 12.1 Å². The Morgan fingerprint density at radius 1 is 0.949 bits per heavy atom. The van der Waals surface area contributed by atoms with Gasteiger partial charge in [0.25, 0.3) is 10.0 Å². The van der Waals surface area contributed by atoms with E-state index in [1.54, 1.807) is 49.4 Å². The Morgan fingerprint density at radius 3 is 2.15 bits per heavy atom. The molecule has 3 rings (SSSR count). The van der Waals surface area contributed by atoms with Gasteiger partial charge in [-0.05, 0) is 76.6 Å². The monoisotopic (exact) mass is 551 g/mol. The Kier molecular flexibility index (Phi) is 9.40. The first-order valence-corrected chi connectivity index (χ1v) is 14.1. The maximum Gasteiger partial charge on any atom is 0.264 e. The number of benzene rings is 3. The molecule has 39 heavy (non-hydrogen) atoms. The van der Waals surface area contributed by atoms with Crippen molar-refractivity contribution in [3.63, 3.8) is 0 Å². The highest BCUT2D eigenvalue weighted by molar-refractivity contribution is 7.92. The number of rotatable bonds is 10. The van der Waals surface area contributed by atoms with Gasteiger partial charge in [-0.15, -0.1) is 0 Å². The quantitative estimate of drug-likeness (QED) is 0.399.